The number of hydrogen-bond donors (Lipinski definition) is 2. The van der Waals surface area contributed by atoms with Gasteiger partial charge in [-0.05, 0) is 12.1 Å². The lowest BCUT2D eigenvalue weighted by atomic mass is 10.3. The van der Waals surface area contributed by atoms with Crippen molar-refractivity contribution >= 4 is 6.03 Å². The molecule has 21 heavy (non-hydrogen) atoms. The Kier molecular flexibility index (Phi) is 4.41. The summed E-state index contributed by atoms with van der Waals surface area (Å²) >= 11 is 0. The molecule has 0 atom stereocenters. The molecule has 0 spiro atoms. The van der Waals surface area contributed by atoms with E-state index < -0.39 is 18.8 Å². The number of para-hydroxylation sites is 1. The van der Waals surface area contributed by atoms with Crippen molar-refractivity contribution in [3.05, 3.63) is 42.5 Å². The molecule has 1 heterocycles. The summed E-state index contributed by atoms with van der Waals surface area (Å²) in [6, 6.07) is 8.20. The maximum absolute atomic E-state index is 11.9. The molecule has 0 aliphatic rings. The fourth-order valence-corrected chi connectivity index (χ4v) is 1.59. The van der Waals surface area contributed by atoms with Crippen LogP contribution in [0.3, 0.4) is 0 Å². The summed E-state index contributed by atoms with van der Waals surface area (Å²) in [6.07, 6.45) is -2.98. The SMILES string of the molecule is O=C(NCc1nncn1-c1ccccc1)NCC(F)(F)F. The molecule has 2 aromatic rings. The maximum Gasteiger partial charge on any atom is 0.405 e. The van der Waals surface area contributed by atoms with Crippen LogP contribution < -0.4 is 10.6 Å². The summed E-state index contributed by atoms with van der Waals surface area (Å²) in [7, 11) is 0. The Balaban J connectivity index is 1.93. The molecule has 112 valence electrons. The van der Waals surface area contributed by atoms with Gasteiger partial charge in [0.05, 0.1) is 6.54 Å². The molecule has 0 bridgehead atoms. The van der Waals surface area contributed by atoms with Crippen LogP contribution in [0, 0.1) is 0 Å². The smallest absolute Gasteiger partial charge is 0.331 e. The van der Waals surface area contributed by atoms with Crippen LogP contribution in [0.2, 0.25) is 0 Å². The quantitative estimate of drug-likeness (QED) is 0.901. The molecule has 9 heteroatoms. The monoisotopic (exact) mass is 299 g/mol. The molecule has 6 nitrogen and oxygen atoms in total. The summed E-state index contributed by atoms with van der Waals surface area (Å²) in [5.74, 6) is 0.406. The number of nitrogens with one attached hydrogen (secondary N) is 2. The van der Waals surface area contributed by atoms with Gasteiger partial charge in [0.15, 0.2) is 5.82 Å². The van der Waals surface area contributed by atoms with Crippen LogP contribution in [0.5, 0.6) is 0 Å². The second-order valence-electron chi connectivity index (χ2n) is 4.10. The van der Waals surface area contributed by atoms with Gasteiger partial charge < -0.3 is 10.6 Å². The van der Waals surface area contributed by atoms with E-state index in [-0.39, 0.29) is 6.54 Å². The summed E-state index contributed by atoms with van der Waals surface area (Å²) in [5.41, 5.74) is 0.787. The first-order valence-corrected chi connectivity index (χ1v) is 5.98. The molecule has 1 aromatic heterocycles. The molecule has 0 aliphatic carbocycles. The number of benzene rings is 1. The van der Waals surface area contributed by atoms with Gasteiger partial charge in [-0.1, -0.05) is 18.2 Å². The highest BCUT2D eigenvalue weighted by atomic mass is 19.4. The van der Waals surface area contributed by atoms with E-state index in [1.807, 2.05) is 30.3 Å². The van der Waals surface area contributed by atoms with E-state index in [0.717, 1.165) is 5.69 Å². The van der Waals surface area contributed by atoms with Crippen molar-refractivity contribution < 1.29 is 18.0 Å². The van der Waals surface area contributed by atoms with Gasteiger partial charge in [0.1, 0.15) is 12.9 Å². The van der Waals surface area contributed by atoms with E-state index in [9.17, 15) is 18.0 Å². The zero-order valence-electron chi connectivity index (χ0n) is 10.8. The largest absolute Gasteiger partial charge is 0.405 e. The van der Waals surface area contributed by atoms with Crippen molar-refractivity contribution in [3.8, 4) is 5.69 Å². The van der Waals surface area contributed by atoms with Crippen LogP contribution in [-0.4, -0.2) is 33.5 Å². The predicted molar refractivity (Wildman–Crippen MR) is 67.7 cm³/mol. The minimum atomic E-state index is -4.44. The van der Waals surface area contributed by atoms with Crippen molar-refractivity contribution in [1.29, 1.82) is 0 Å². The van der Waals surface area contributed by atoms with Gasteiger partial charge in [-0.3, -0.25) is 4.57 Å². The first-order chi connectivity index (χ1) is 9.96. The van der Waals surface area contributed by atoms with Crippen LogP contribution in [0.4, 0.5) is 18.0 Å². The lowest BCUT2D eigenvalue weighted by molar-refractivity contribution is -0.122. The molecule has 0 aliphatic heterocycles. The van der Waals surface area contributed by atoms with Gasteiger partial charge >= 0.3 is 12.2 Å². The standard InChI is InChI=1S/C12H12F3N5O/c13-12(14,15)7-17-11(21)16-6-10-19-18-8-20(10)9-4-2-1-3-5-9/h1-5,8H,6-7H2,(H2,16,17,21). The Bertz CT molecular complexity index is 596. The van der Waals surface area contributed by atoms with Crippen LogP contribution in [0.15, 0.2) is 36.7 Å². The first kappa shape index (κ1) is 14.8. The summed E-state index contributed by atoms with van der Waals surface area (Å²) in [4.78, 5) is 11.3. The third kappa shape index (κ3) is 4.48. The molecule has 0 saturated carbocycles. The van der Waals surface area contributed by atoms with Crippen LogP contribution in [0.1, 0.15) is 5.82 Å². The van der Waals surface area contributed by atoms with Crippen LogP contribution in [-0.2, 0) is 6.54 Å². The van der Waals surface area contributed by atoms with E-state index in [1.54, 1.807) is 9.88 Å². The molecular weight excluding hydrogens is 287 g/mol. The Morgan fingerprint density at radius 2 is 1.90 bits per heavy atom. The van der Waals surface area contributed by atoms with Crippen molar-refractivity contribution in [1.82, 2.24) is 25.4 Å². The van der Waals surface area contributed by atoms with E-state index in [0.29, 0.717) is 5.82 Å². The number of halogens is 3. The Morgan fingerprint density at radius 1 is 1.19 bits per heavy atom. The fourth-order valence-electron chi connectivity index (χ4n) is 1.59. The highest BCUT2D eigenvalue weighted by Crippen LogP contribution is 2.12. The lowest BCUT2D eigenvalue weighted by Gasteiger charge is -2.10. The summed E-state index contributed by atoms with van der Waals surface area (Å²) in [5, 5.41) is 11.6. The number of carbonyl (C=O) groups excluding carboxylic acids is 1. The van der Waals surface area contributed by atoms with Crippen molar-refractivity contribution in [2.75, 3.05) is 6.54 Å². The number of urea groups is 1. The summed E-state index contributed by atoms with van der Waals surface area (Å²) in [6.45, 7) is -1.43. The predicted octanol–water partition coefficient (Wildman–Crippen LogP) is 1.63. The van der Waals surface area contributed by atoms with Crippen molar-refractivity contribution in [2.45, 2.75) is 12.7 Å². The Labute approximate surface area is 118 Å². The molecule has 2 amide bonds. The Hall–Kier alpha value is -2.58. The van der Waals surface area contributed by atoms with Gasteiger partial charge in [0.25, 0.3) is 0 Å². The topological polar surface area (TPSA) is 71.8 Å². The van der Waals surface area contributed by atoms with E-state index >= 15 is 0 Å². The van der Waals surface area contributed by atoms with E-state index in [2.05, 4.69) is 15.5 Å². The maximum atomic E-state index is 11.9. The molecule has 2 N–H and O–H groups in total. The third-order valence-corrected chi connectivity index (χ3v) is 2.51. The molecular formula is C12H12F3N5O. The zero-order chi connectivity index (χ0) is 15.3. The number of nitrogens with zero attached hydrogens (tertiary/aromatic N) is 3. The summed E-state index contributed by atoms with van der Waals surface area (Å²) < 4.78 is 37.5. The normalized spacial score (nSPS) is 11.2. The molecule has 0 radical (unpaired) electrons. The van der Waals surface area contributed by atoms with Crippen LogP contribution in [0.25, 0.3) is 5.69 Å². The Morgan fingerprint density at radius 3 is 2.57 bits per heavy atom. The molecule has 0 unspecified atom stereocenters. The van der Waals surface area contributed by atoms with Crippen molar-refractivity contribution in [3.63, 3.8) is 0 Å². The average Bonchev–Trinajstić information content (AvgIpc) is 2.91. The number of rotatable bonds is 4. The van der Waals surface area contributed by atoms with E-state index in [4.69, 9.17) is 0 Å². The molecule has 1 aromatic carbocycles. The lowest BCUT2D eigenvalue weighted by Crippen LogP contribution is -2.40. The minimum absolute atomic E-state index is 0.0431. The van der Waals surface area contributed by atoms with Gasteiger partial charge in [0, 0.05) is 5.69 Å². The highest BCUT2D eigenvalue weighted by Gasteiger charge is 2.27. The minimum Gasteiger partial charge on any atom is -0.331 e. The number of carbonyl (C=O) groups is 1. The van der Waals surface area contributed by atoms with Gasteiger partial charge in [-0.2, -0.15) is 13.2 Å². The average molecular weight is 299 g/mol. The highest BCUT2D eigenvalue weighted by molar-refractivity contribution is 5.73. The number of aromatic nitrogens is 3. The van der Waals surface area contributed by atoms with E-state index in [1.165, 1.54) is 6.33 Å². The molecule has 0 saturated heterocycles. The van der Waals surface area contributed by atoms with Gasteiger partial charge in [0.2, 0.25) is 0 Å². The van der Waals surface area contributed by atoms with Gasteiger partial charge in [-0.25, -0.2) is 4.79 Å². The van der Waals surface area contributed by atoms with Crippen LogP contribution >= 0.6 is 0 Å². The third-order valence-electron chi connectivity index (χ3n) is 2.51. The number of alkyl halides is 3. The second kappa shape index (κ2) is 6.25. The zero-order valence-corrected chi connectivity index (χ0v) is 10.8. The number of amides is 2. The fraction of sp³-hybridized carbons (Fsp3) is 0.250. The second-order valence-corrected chi connectivity index (χ2v) is 4.10. The molecule has 2 rings (SSSR count). The van der Waals surface area contributed by atoms with Gasteiger partial charge in [-0.15, -0.1) is 10.2 Å². The number of hydrogen-bond acceptors (Lipinski definition) is 3. The molecule has 0 fully saturated rings. The first-order valence-electron chi connectivity index (χ1n) is 5.98. The van der Waals surface area contributed by atoms with Crippen molar-refractivity contribution in [2.24, 2.45) is 0 Å².